The van der Waals surface area contributed by atoms with Gasteiger partial charge in [0.2, 0.25) is 5.89 Å². The predicted molar refractivity (Wildman–Crippen MR) is 100.0 cm³/mol. The standard InChI is InChI=1S/C20H21ClN4O/c21-18-8-6-17(7-9-18)20-23-22-19(26-20)15-25-12-10-24(11-13-25)14-16-4-2-1-3-5-16/h1-9H,10-15H2/p+2. The molecule has 0 atom stereocenters. The summed E-state index contributed by atoms with van der Waals surface area (Å²) in [5, 5.41) is 9.10. The number of nitrogens with zero attached hydrogens (tertiary/aromatic N) is 2. The Balaban J connectivity index is 1.30. The van der Waals surface area contributed by atoms with Gasteiger partial charge >= 0.3 is 0 Å². The van der Waals surface area contributed by atoms with Crippen molar-refractivity contribution in [3.05, 3.63) is 71.1 Å². The molecule has 0 saturated carbocycles. The Labute approximate surface area is 158 Å². The first-order chi connectivity index (χ1) is 12.8. The number of rotatable bonds is 5. The molecule has 134 valence electrons. The highest BCUT2D eigenvalue weighted by Crippen LogP contribution is 2.19. The van der Waals surface area contributed by atoms with E-state index >= 15 is 0 Å². The molecule has 1 aliphatic heterocycles. The molecule has 0 amide bonds. The molecule has 2 N–H and O–H groups in total. The SMILES string of the molecule is Clc1ccc(-c2nnc(C[NH+]3CC[NH+](Cc4ccccc4)CC3)o2)cc1. The summed E-state index contributed by atoms with van der Waals surface area (Å²) in [5.74, 6) is 1.26. The van der Waals surface area contributed by atoms with Crippen LogP contribution >= 0.6 is 11.6 Å². The summed E-state index contributed by atoms with van der Waals surface area (Å²) in [7, 11) is 0. The van der Waals surface area contributed by atoms with E-state index in [2.05, 4.69) is 40.5 Å². The first-order valence-electron chi connectivity index (χ1n) is 9.05. The zero-order valence-electron chi connectivity index (χ0n) is 14.6. The molecule has 2 aromatic carbocycles. The van der Waals surface area contributed by atoms with Gasteiger partial charge in [-0.25, -0.2) is 0 Å². The number of aromatic nitrogens is 2. The lowest BCUT2D eigenvalue weighted by Crippen LogP contribution is -3.27. The number of hydrogen-bond acceptors (Lipinski definition) is 3. The number of hydrogen-bond donors (Lipinski definition) is 2. The number of benzene rings is 2. The predicted octanol–water partition coefficient (Wildman–Crippen LogP) is 0.874. The molecular formula is C20H23ClN4O+2. The van der Waals surface area contributed by atoms with Crippen LogP contribution in [0, 0.1) is 0 Å². The van der Waals surface area contributed by atoms with Gasteiger partial charge in [-0.3, -0.25) is 0 Å². The molecular weight excluding hydrogens is 348 g/mol. The fourth-order valence-corrected chi connectivity index (χ4v) is 3.57. The first-order valence-corrected chi connectivity index (χ1v) is 9.43. The van der Waals surface area contributed by atoms with Crippen LogP contribution in [0.5, 0.6) is 0 Å². The summed E-state index contributed by atoms with van der Waals surface area (Å²) in [4.78, 5) is 3.15. The van der Waals surface area contributed by atoms with Crippen LogP contribution in [0.3, 0.4) is 0 Å². The lowest BCUT2D eigenvalue weighted by atomic mass is 10.2. The van der Waals surface area contributed by atoms with Crippen molar-refractivity contribution >= 4 is 11.6 Å². The van der Waals surface area contributed by atoms with E-state index < -0.39 is 0 Å². The molecule has 1 fully saturated rings. The highest BCUT2D eigenvalue weighted by atomic mass is 35.5. The Hall–Kier alpha value is -2.21. The minimum absolute atomic E-state index is 0.560. The second-order valence-corrected chi connectivity index (χ2v) is 7.28. The third-order valence-corrected chi connectivity index (χ3v) is 5.17. The third kappa shape index (κ3) is 4.30. The summed E-state index contributed by atoms with van der Waals surface area (Å²) < 4.78 is 5.84. The van der Waals surface area contributed by atoms with Crippen molar-refractivity contribution in [1.29, 1.82) is 0 Å². The molecule has 2 heterocycles. The number of nitrogens with one attached hydrogen (secondary N) is 2. The first kappa shape index (κ1) is 17.2. The third-order valence-electron chi connectivity index (χ3n) is 4.92. The van der Waals surface area contributed by atoms with Crippen molar-refractivity contribution in [3.8, 4) is 11.5 Å². The Morgan fingerprint density at radius 3 is 2.15 bits per heavy atom. The molecule has 0 unspecified atom stereocenters. The molecule has 0 spiro atoms. The molecule has 1 saturated heterocycles. The van der Waals surface area contributed by atoms with Gasteiger partial charge < -0.3 is 14.2 Å². The number of quaternary nitrogens is 2. The van der Waals surface area contributed by atoms with Crippen LogP contribution in [-0.2, 0) is 13.1 Å². The van der Waals surface area contributed by atoms with Crippen molar-refractivity contribution in [2.24, 2.45) is 0 Å². The number of halogens is 1. The maximum absolute atomic E-state index is 5.92. The molecule has 1 aliphatic rings. The highest BCUT2D eigenvalue weighted by molar-refractivity contribution is 6.30. The van der Waals surface area contributed by atoms with Crippen molar-refractivity contribution in [3.63, 3.8) is 0 Å². The van der Waals surface area contributed by atoms with Crippen molar-refractivity contribution < 1.29 is 14.2 Å². The lowest BCUT2D eigenvalue weighted by Gasteiger charge is -2.28. The summed E-state index contributed by atoms with van der Waals surface area (Å²) in [5.41, 5.74) is 2.32. The Morgan fingerprint density at radius 2 is 1.46 bits per heavy atom. The van der Waals surface area contributed by atoms with Crippen molar-refractivity contribution in [1.82, 2.24) is 10.2 Å². The monoisotopic (exact) mass is 370 g/mol. The quantitative estimate of drug-likeness (QED) is 0.700. The molecule has 3 aromatic rings. The van der Waals surface area contributed by atoms with Gasteiger partial charge in [0.1, 0.15) is 32.7 Å². The minimum Gasteiger partial charge on any atom is -0.415 e. The maximum atomic E-state index is 5.92. The largest absolute Gasteiger partial charge is 0.415 e. The maximum Gasteiger partial charge on any atom is 0.271 e. The van der Waals surface area contributed by atoms with Crippen LogP contribution in [0.15, 0.2) is 59.0 Å². The van der Waals surface area contributed by atoms with E-state index in [9.17, 15) is 0 Å². The van der Waals surface area contributed by atoms with Gasteiger partial charge in [-0.2, -0.15) is 0 Å². The summed E-state index contributed by atoms with van der Waals surface area (Å²) in [6.45, 7) is 6.49. The minimum atomic E-state index is 0.560. The average Bonchev–Trinajstić information content (AvgIpc) is 3.13. The van der Waals surface area contributed by atoms with Crippen LogP contribution in [0.4, 0.5) is 0 Å². The van der Waals surface area contributed by atoms with Crippen LogP contribution < -0.4 is 9.80 Å². The van der Waals surface area contributed by atoms with E-state index in [0.29, 0.717) is 16.8 Å². The molecule has 0 aliphatic carbocycles. The fourth-order valence-electron chi connectivity index (χ4n) is 3.44. The normalized spacial score (nSPS) is 20.2. The van der Waals surface area contributed by atoms with Gasteiger partial charge in [0.05, 0.1) is 0 Å². The lowest BCUT2D eigenvalue weighted by molar-refractivity contribution is -1.02. The molecule has 4 rings (SSSR count). The van der Waals surface area contributed by atoms with Gasteiger partial charge in [0.25, 0.3) is 5.89 Å². The van der Waals surface area contributed by atoms with E-state index in [1.165, 1.54) is 23.6 Å². The zero-order chi connectivity index (χ0) is 17.8. The van der Waals surface area contributed by atoms with Crippen LogP contribution in [0.2, 0.25) is 5.02 Å². The fraction of sp³-hybridized carbons (Fsp3) is 0.300. The molecule has 0 bridgehead atoms. The van der Waals surface area contributed by atoms with Crippen molar-refractivity contribution in [2.45, 2.75) is 13.1 Å². The second-order valence-electron chi connectivity index (χ2n) is 6.85. The molecule has 0 radical (unpaired) electrons. The summed E-state index contributed by atoms with van der Waals surface area (Å²) in [6, 6.07) is 18.2. The van der Waals surface area contributed by atoms with Crippen molar-refractivity contribution in [2.75, 3.05) is 26.2 Å². The molecule has 6 heteroatoms. The van der Waals surface area contributed by atoms with Crippen LogP contribution in [0.1, 0.15) is 11.5 Å². The molecule has 5 nitrogen and oxygen atoms in total. The molecule has 26 heavy (non-hydrogen) atoms. The van der Waals surface area contributed by atoms with E-state index in [1.54, 1.807) is 4.90 Å². The zero-order valence-corrected chi connectivity index (χ0v) is 15.4. The van der Waals surface area contributed by atoms with E-state index in [4.69, 9.17) is 16.0 Å². The Kier molecular flexibility index (Phi) is 5.29. The highest BCUT2D eigenvalue weighted by Gasteiger charge is 2.25. The summed E-state index contributed by atoms with van der Waals surface area (Å²) in [6.07, 6.45) is 0. The average molecular weight is 371 g/mol. The number of piperazine rings is 1. The Morgan fingerprint density at radius 1 is 0.808 bits per heavy atom. The summed E-state index contributed by atoms with van der Waals surface area (Å²) >= 11 is 5.92. The van der Waals surface area contributed by atoms with Gasteiger partial charge in [0.15, 0.2) is 6.54 Å². The second kappa shape index (κ2) is 7.99. The topological polar surface area (TPSA) is 47.8 Å². The van der Waals surface area contributed by atoms with Gasteiger partial charge in [-0.15, -0.1) is 10.2 Å². The van der Waals surface area contributed by atoms with Crippen LogP contribution in [0.25, 0.3) is 11.5 Å². The van der Waals surface area contributed by atoms with Gasteiger partial charge in [-0.05, 0) is 24.3 Å². The van der Waals surface area contributed by atoms with E-state index in [0.717, 1.165) is 31.7 Å². The van der Waals surface area contributed by atoms with E-state index in [1.807, 2.05) is 24.3 Å². The van der Waals surface area contributed by atoms with Gasteiger partial charge in [0, 0.05) is 16.1 Å². The van der Waals surface area contributed by atoms with E-state index in [-0.39, 0.29) is 0 Å². The smallest absolute Gasteiger partial charge is 0.271 e. The molecule has 1 aromatic heterocycles. The Bertz CT molecular complexity index is 827. The van der Waals surface area contributed by atoms with Gasteiger partial charge in [-0.1, -0.05) is 41.9 Å². The van der Waals surface area contributed by atoms with Crippen LogP contribution in [-0.4, -0.2) is 36.4 Å².